The number of carbonyl (C=O) groups is 1. The van der Waals surface area contributed by atoms with Gasteiger partial charge in [0.1, 0.15) is 0 Å². The maximum absolute atomic E-state index is 12.1. The molecule has 17 heavy (non-hydrogen) atoms. The monoisotopic (exact) mass is 244 g/mol. The summed E-state index contributed by atoms with van der Waals surface area (Å²) in [6.07, 6.45) is 1.63. The number of methoxy groups -OCH3 is 1. The van der Waals surface area contributed by atoms with Gasteiger partial charge in [-0.25, -0.2) is 0 Å². The highest BCUT2D eigenvalue weighted by Crippen LogP contribution is 2.35. The summed E-state index contributed by atoms with van der Waals surface area (Å²) in [6.45, 7) is 11.6. The first-order valence-corrected chi connectivity index (χ1v) is 6.54. The quantitative estimate of drug-likeness (QED) is 0.615. The molecule has 0 atom stereocenters. The molecule has 0 saturated carbocycles. The van der Waals surface area contributed by atoms with Crippen LogP contribution in [0.15, 0.2) is 0 Å². The second kappa shape index (κ2) is 7.70. The SMILES string of the molecule is CCOCC(CC(C)C)(CC(C)C)C(=O)OC. The maximum Gasteiger partial charge on any atom is 0.314 e. The van der Waals surface area contributed by atoms with E-state index in [9.17, 15) is 4.79 Å². The molecule has 0 aliphatic carbocycles. The highest BCUT2D eigenvalue weighted by molar-refractivity contribution is 5.77. The molecule has 0 aromatic heterocycles. The average Bonchev–Trinajstić information content (AvgIpc) is 2.23. The van der Waals surface area contributed by atoms with Gasteiger partial charge in [0.2, 0.25) is 0 Å². The van der Waals surface area contributed by atoms with Crippen molar-refractivity contribution in [3.63, 3.8) is 0 Å². The Morgan fingerprint density at radius 1 is 1.12 bits per heavy atom. The Hall–Kier alpha value is -0.570. The first-order chi connectivity index (χ1) is 7.88. The molecule has 0 N–H and O–H groups in total. The Labute approximate surface area is 106 Å². The van der Waals surface area contributed by atoms with Crippen molar-refractivity contribution in [3.8, 4) is 0 Å². The minimum Gasteiger partial charge on any atom is -0.469 e. The molecular formula is C14H28O3. The van der Waals surface area contributed by atoms with Crippen LogP contribution in [-0.4, -0.2) is 26.3 Å². The summed E-state index contributed by atoms with van der Waals surface area (Å²) in [5.74, 6) is 0.773. The van der Waals surface area contributed by atoms with Gasteiger partial charge in [-0.3, -0.25) is 4.79 Å². The third-order valence-electron chi connectivity index (χ3n) is 2.80. The van der Waals surface area contributed by atoms with E-state index in [-0.39, 0.29) is 5.97 Å². The Balaban J connectivity index is 4.97. The summed E-state index contributed by atoms with van der Waals surface area (Å²) < 4.78 is 10.5. The maximum atomic E-state index is 12.1. The molecule has 102 valence electrons. The van der Waals surface area contributed by atoms with Crippen LogP contribution in [0.4, 0.5) is 0 Å². The van der Waals surface area contributed by atoms with Crippen LogP contribution in [0.5, 0.6) is 0 Å². The Morgan fingerprint density at radius 3 is 1.88 bits per heavy atom. The van der Waals surface area contributed by atoms with Gasteiger partial charge >= 0.3 is 5.97 Å². The van der Waals surface area contributed by atoms with Crippen molar-refractivity contribution in [2.75, 3.05) is 20.3 Å². The summed E-state index contributed by atoms with van der Waals surface area (Å²) in [7, 11) is 1.46. The molecule has 0 unspecified atom stereocenters. The number of rotatable bonds is 8. The van der Waals surface area contributed by atoms with Crippen LogP contribution in [0.25, 0.3) is 0 Å². The van der Waals surface area contributed by atoms with Gasteiger partial charge in [0.15, 0.2) is 0 Å². The molecule has 0 aromatic carbocycles. The summed E-state index contributed by atoms with van der Waals surface area (Å²) in [6, 6.07) is 0. The minimum absolute atomic E-state index is 0.131. The van der Waals surface area contributed by atoms with Crippen LogP contribution < -0.4 is 0 Å². The standard InChI is InChI=1S/C14H28O3/c1-7-17-10-14(8-11(2)3,9-12(4)5)13(15)16-6/h11-12H,7-10H2,1-6H3. The van der Waals surface area contributed by atoms with Gasteiger partial charge in [-0.05, 0) is 31.6 Å². The first kappa shape index (κ1) is 16.4. The fourth-order valence-corrected chi connectivity index (χ4v) is 2.50. The molecule has 0 rings (SSSR count). The average molecular weight is 244 g/mol. The fraction of sp³-hybridized carbons (Fsp3) is 0.929. The fourth-order valence-electron chi connectivity index (χ4n) is 2.50. The minimum atomic E-state index is -0.479. The number of esters is 1. The van der Waals surface area contributed by atoms with E-state index in [4.69, 9.17) is 9.47 Å². The number of carbonyl (C=O) groups excluding carboxylic acids is 1. The third kappa shape index (κ3) is 5.53. The van der Waals surface area contributed by atoms with Gasteiger partial charge in [-0.1, -0.05) is 27.7 Å². The third-order valence-corrected chi connectivity index (χ3v) is 2.80. The molecule has 0 spiro atoms. The number of hydrogen-bond acceptors (Lipinski definition) is 3. The highest BCUT2D eigenvalue weighted by Gasteiger charge is 2.40. The Bertz CT molecular complexity index is 212. The molecule has 0 heterocycles. The molecule has 0 fully saturated rings. The van der Waals surface area contributed by atoms with Crippen LogP contribution in [-0.2, 0) is 14.3 Å². The normalized spacial score (nSPS) is 12.2. The predicted octanol–water partition coefficient (Wildman–Crippen LogP) is 3.27. The van der Waals surface area contributed by atoms with E-state index in [0.29, 0.717) is 25.0 Å². The van der Waals surface area contributed by atoms with Crippen molar-refractivity contribution in [3.05, 3.63) is 0 Å². The van der Waals surface area contributed by atoms with E-state index in [1.807, 2.05) is 6.92 Å². The smallest absolute Gasteiger partial charge is 0.314 e. The molecule has 0 aromatic rings. The summed E-state index contributed by atoms with van der Waals surface area (Å²) in [5.41, 5.74) is -0.479. The topological polar surface area (TPSA) is 35.5 Å². The van der Waals surface area contributed by atoms with Crippen molar-refractivity contribution in [1.29, 1.82) is 0 Å². The van der Waals surface area contributed by atoms with E-state index in [2.05, 4.69) is 27.7 Å². The second-order valence-corrected chi connectivity index (χ2v) is 5.60. The molecule has 0 aliphatic rings. The van der Waals surface area contributed by atoms with E-state index < -0.39 is 5.41 Å². The van der Waals surface area contributed by atoms with Crippen LogP contribution in [0.1, 0.15) is 47.5 Å². The van der Waals surface area contributed by atoms with Gasteiger partial charge in [0.25, 0.3) is 0 Å². The zero-order valence-corrected chi connectivity index (χ0v) is 12.2. The van der Waals surface area contributed by atoms with Crippen molar-refractivity contribution in [2.45, 2.75) is 47.5 Å². The van der Waals surface area contributed by atoms with E-state index in [1.54, 1.807) is 0 Å². The molecular weight excluding hydrogens is 216 g/mol. The largest absolute Gasteiger partial charge is 0.469 e. The Kier molecular flexibility index (Phi) is 7.44. The zero-order valence-electron chi connectivity index (χ0n) is 12.2. The molecule has 3 heteroatoms. The molecule has 0 bridgehead atoms. The summed E-state index contributed by atoms with van der Waals surface area (Å²) in [4.78, 5) is 12.1. The molecule has 0 aliphatic heterocycles. The highest BCUT2D eigenvalue weighted by atomic mass is 16.5. The predicted molar refractivity (Wildman–Crippen MR) is 69.9 cm³/mol. The second-order valence-electron chi connectivity index (χ2n) is 5.60. The lowest BCUT2D eigenvalue weighted by molar-refractivity contribution is -0.159. The zero-order chi connectivity index (χ0) is 13.5. The number of hydrogen-bond donors (Lipinski definition) is 0. The summed E-state index contributed by atoms with van der Waals surface area (Å²) in [5, 5.41) is 0. The molecule has 0 saturated heterocycles. The van der Waals surface area contributed by atoms with Crippen LogP contribution >= 0.6 is 0 Å². The lowest BCUT2D eigenvalue weighted by Gasteiger charge is -2.33. The van der Waals surface area contributed by atoms with Crippen molar-refractivity contribution in [2.24, 2.45) is 17.3 Å². The van der Waals surface area contributed by atoms with Crippen molar-refractivity contribution in [1.82, 2.24) is 0 Å². The lowest BCUT2D eigenvalue weighted by atomic mass is 9.74. The lowest BCUT2D eigenvalue weighted by Crippen LogP contribution is -2.39. The Morgan fingerprint density at radius 2 is 1.59 bits per heavy atom. The van der Waals surface area contributed by atoms with E-state index in [0.717, 1.165) is 12.8 Å². The van der Waals surface area contributed by atoms with Crippen molar-refractivity contribution < 1.29 is 14.3 Å². The molecule has 0 amide bonds. The van der Waals surface area contributed by atoms with E-state index >= 15 is 0 Å². The van der Waals surface area contributed by atoms with E-state index in [1.165, 1.54) is 7.11 Å². The van der Waals surface area contributed by atoms with Crippen LogP contribution in [0, 0.1) is 17.3 Å². The van der Waals surface area contributed by atoms with Crippen LogP contribution in [0.2, 0.25) is 0 Å². The molecule has 3 nitrogen and oxygen atoms in total. The van der Waals surface area contributed by atoms with Gasteiger partial charge < -0.3 is 9.47 Å². The first-order valence-electron chi connectivity index (χ1n) is 6.54. The summed E-state index contributed by atoms with van der Waals surface area (Å²) >= 11 is 0. The molecule has 0 radical (unpaired) electrons. The van der Waals surface area contributed by atoms with Gasteiger partial charge in [0, 0.05) is 6.61 Å². The van der Waals surface area contributed by atoms with Crippen molar-refractivity contribution >= 4 is 5.97 Å². The van der Waals surface area contributed by atoms with Gasteiger partial charge in [-0.15, -0.1) is 0 Å². The number of ether oxygens (including phenoxy) is 2. The van der Waals surface area contributed by atoms with Crippen LogP contribution in [0.3, 0.4) is 0 Å². The van der Waals surface area contributed by atoms with Gasteiger partial charge in [0.05, 0.1) is 19.1 Å². The van der Waals surface area contributed by atoms with Gasteiger partial charge in [-0.2, -0.15) is 0 Å².